The van der Waals surface area contributed by atoms with E-state index in [2.05, 4.69) is 32.7 Å². The van der Waals surface area contributed by atoms with Crippen LogP contribution < -0.4 is 5.32 Å². The van der Waals surface area contributed by atoms with Crippen molar-refractivity contribution >= 4 is 0 Å². The summed E-state index contributed by atoms with van der Waals surface area (Å²) in [4.78, 5) is 0. The Morgan fingerprint density at radius 2 is 2.18 bits per heavy atom. The highest BCUT2D eigenvalue weighted by Crippen LogP contribution is 2.47. The fourth-order valence-electron chi connectivity index (χ4n) is 1.20. The third-order valence-corrected chi connectivity index (χ3v) is 2.79. The summed E-state index contributed by atoms with van der Waals surface area (Å²) >= 11 is 0. The van der Waals surface area contributed by atoms with Gasteiger partial charge in [-0.1, -0.05) is 19.1 Å². The van der Waals surface area contributed by atoms with Gasteiger partial charge in [-0.2, -0.15) is 0 Å². The van der Waals surface area contributed by atoms with E-state index in [1.54, 1.807) is 0 Å². The highest BCUT2D eigenvalue weighted by atomic mass is 14.9. The molecule has 0 aromatic heterocycles. The van der Waals surface area contributed by atoms with Crippen LogP contribution in [-0.2, 0) is 0 Å². The molecule has 0 aliphatic heterocycles. The van der Waals surface area contributed by atoms with Gasteiger partial charge in [-0.25, -0.2) is 0 Å². The zero-order chi connectivity index (χ0) is 8.48. The summed E-state index contributed by atoms with van der Waals surface area (Å²) in [5.41, 5.74) is 1.82. The third-order valence-electron chi connectivity index (χ3n) is 2.79. The lowest BCUT2D eigenvalue weighted by Crippen LogP contribution is -2.34. The van der Waals surface area contributed by atoms with Crippen LogP contribution in [0.25, 0.3) is 0 Å². The van der Waals surface area contributed by atoms with Gasteiger partial charge in [-0.3, -0.25) is 0 Å². The Bertz CT molecular complexity index is 156. The number of rotatable bonds is 4. The highest BCUT2D eigenvalue weighted by molar-refractivity contribution is 4.99. The van der Waals surface area contributed by atoms with E-state index >= 15 is 0 Å². The molecule has 1 nitrogen and oxygen atoms in total. The van der Waals surface area contributed by atoms with Gasteiger partial charge in [-0.15, -0.1) is 0 Å². The van der Waals surface area contributed by atoms with Crippen molar-refractivity contribution in [2.45, 2.75) is 39.7 Å². The number of hydrogen-bond acceptors (Lipinski definition) is 1. The van der Waals surface area contributed by atoms with Crippen LogP contribution in [0.3, 0.4) is 0 Å². The molecule has 0 amide bonds. The van der Waals surface area contributed by atoms with Gasteiger partial charge in [0.25, 0.3) is 0 Å². The third kappa shape index (κ3) is 2.33. The maximum Gasteiger partial charge on any atom is 0.0161 e. The van der Waals surface area contributed by atoms with Gasteiger partial charge in [0.05, 0.1) is 0 Å². The monoisotopic (exact) mass is 153 g/mol. The first-order valence-electron chi connectivity index (χ1n) is 4.42. The smallest absolute Gasteiger partial charge is 0.0161 e. The van der Waals surface area contributed by atoms with Gasteiger partial charge in [0.2, 0.25) is 0 Å². The van der Waals surface area contributed by atoms with Crippen LogP contribution in [0.4, 0.5) is 0 Å². The van der Waals surface area contributed by atoms with Crippen molar-refractivity contribution in [2.24, 2.45) is 5.41 Å². The maximum atomic E-state index is 3.87. The van der Waals surface area contributed by atoms with E-state index in [0.717, 1.165) is 6.54 Å². The molecule has 1 unspecified atom stereocenters. The molecule has 1 atom stereocenters. The van der Waals surface area contributed by atoms with E-state index in [0.29, 0.717) is 11.5 Å². The second-order valence-corrected chi connectivity index (χ2v) is 4.21. The van der Waals surface area contributed by atoms with E-state index in [9.17, 15) is 0 Å². The Kier molecular flexibility index (Phi) is 2.38. The topological polar surface area (TPSA) is 12.0 Å². The Morgan fingerprint density at radius 3 is 2.55 bits per heavy atom. The van der Waals surface area contributed by atoms with Crippen molar-refractivity contribution in [2.75, 3.05) is 6.54 Å². The van der Waals surface area contributed by atoms with Crippen molar-refractivity contribution in [3.8, 4) is 0 Å². The molecule has 11 heavy (non-hydrogen) atoms. The fourth-order valence-corrected chi connectivity index (χ4v) is 1.20. The van der Waals surface area contributed by atoms with Crippen LogP contribution in [0, 0.1) is 5.41 Å². The molecule has 1 rings (SSSR count). The molecule has 0 aromatic rings. The summed E-state index contributed by atoms with van der Waals surface area (Å²) in [6.45, 7) is 11.5. The average molecular weight is 153 g/mol. The van der Waals surface area contributed by atoms with Crippen LogP contribution >= 0.6 is 0 Å². The molecule has 1 saturated carbocycles. The van der Waals surface area contributed by atoms with Crippen LogP contribution in [0.15, 0.2) is 12.2 Å². The largest absolute Gasteiger partial charge is 0.310 e. The standard InChI is InChI=1S/C10H19N/c1-8(2)7-11-9(3)10(4)5-6-10/h9,11H,1,5-7H2,2-4H3. The SMILES string of the molecule is C=C(C)CNC(C)C1(C)CC1. The van der Waals surface area contributed by atoms with Crippen LogP contribution in [0.5, 0.6) is 0 Å². The first kappa shape index (κ1) is 8.79. The first-order valence-corrected chi connectivity index (χ1v) is 4.42. The molecule has 1 aliphatic carbocycles. The molecular formula is C10H19N. The van der Waals surface area contributed by atoms with Gasteiger partial charge in [0, 0.05) is 12.6 Å². The minimum Gasteiger partial charge on any atom is -0.310 e. The lowest BCUT2D eigenvalue weighted by atomic mass is 10.0. The van der Waals surface area contributed by atoms with Gasteiger partial charge in [-0.05, 0) is 32.1 Å². The van der Waals surface area contributed by atoms with Gasteiger partial charge in [0.15, 0.2) is 0 Å². The normalized spacial score (nSPS) is 22.8. The Morgan fingerprint density at radius 1 is 1.64 bits per heavy atom. The zero-order valence-corrected chi connectivity index (χ0v) is 7.91. The predicted octanol–water partition coefficient (Wildman–Crippen LogP) is 2.34. The highest BCUT2D eigenvalue weighted by Gasteiger charge is 2.41. The van der Waals surface area contributed by atoms with Crippen molar-refractivity contribution in [3.05, 3.63) is 12.2 Å². The summed E-state index contributed by atoms with van der Waals surface area (Å²) in [6, 6.07) is 0.652. The molecule has 0 bridgehead atoms. The molecule has 1 fully saturated rings. The quantitative estimate of drug-likeness (QED) is 0.611. The average Bonchev–Trinajstić information content (AvgIpc) is 2.64. The first-order chi connectivity index (χ1) is 5.04. The molecule has 0 radical (unpaired) electrons. The molecule has 0 aromatic carbocycles. The molecule has 1 heteroatoms. The second kappa shape index (κ2) is 2.98. The lowest BCUT2D eigenvalue weighted by molar-refractivity contribution is 0.392. The van der Waals surface area contributed by atoms with Crippen molar-refractivity contribution < 1.29 is 0 Å². The Labute approximate surface area is 69.9 Å². The minimum absolute atomic E-state index is 0.593. The molecule has 0 saturated heterocycles. The van der Waals surface area contributed by atoms with Crippen molar-refractivity contribution in [1.29, 1.82) is 0 Å². The van der Waals surface area contributed by atoms with E-state index in [1.807, 2.05) is 0 Å². The maximum absolute atomic E-state index is 3.87. The number of hydrogen-bond donors (Lipinski definition) is 1. The fraction of sp³-hybridized carbons (Fsp3) is 0.800. The summed E-state index contributed by atoms with van der Waals surface area (Å²) in [7, 11) is 0. The Balaban J connectivity index is 2.21. The van der Waals surface area contributed by atoms with Crippen LogP contribution in [0.1, 0.15) is 33.6 Å². The second-order valence-electron chi connectivity index (χ2n) is 4.21. The van der Waals surface area contributed by atoms with Gasteiger partial charge >= 0.3 is 0 Å². The van der Waals surface area contributed by atoms with E-state index in [4.69, 9.17) is 0 Å². The Hall–Kier alpha value is -0.300. The molecule has 0 heterocycles. The van der Waals surface area contributed by atoms with Gasteiger partial charge < -0.3 is 5.32 Å². The summed E-state index contributed by atoms with van der Waals surface area (Å²) in [5.74, 6) is 0. The van der Waals surface area contributed by atoms with Gasteiger partial charge in [0.1, 0.15) is 0 Å². The van der Waals surface area contributed by atoms with E-state index < -0.39 is 0 Å². The summed E-state index contributed by atoms with van der Waals surface area (Å²) in [5, 5.41) is 3.48. The molecule has 64 valence electrons. The zero-order valence-electron chi connectivity index (χ0n) is 7.91. The molecule has 0 spiro atoms. The minimum atomic E-state index is 0.593. The molecule has 1 N–H and O–H groups in total. The van der Waals surface area contributed by atoms with E-state index in [-0.39, 0.29) is 0 Å². The number of nitrogens with one attached hydrogen (secondary N) is 1. The summed E-state index contributed by atoms with van der Waals surface area (Å²) in [6.07, 6.45) is 2.77. The summed E-state index contributed by atoms with van der Waals surface area (Å²) < 4.78 is 0. The van der Waals surface area contributed by atoms with E-state index in [1.165, 1.54) is 18.4 Å². The predicted molar refractivity (Wildman–Crippen MR) is 49.6 cm³/mol. The lowest BCUT2D eigenvalue weighted by Gasteiger charge is -2.20. The van der Waals surface area contributed by atoms with Crippen LogP contribution in [-0.4, -0.2) is 12.6 Å². The molecule has 1 aliphatic rings. The van der Waals surface area contributed by atoms with Crippen LogP contribution in [0.2, 0.25) is 0 Å². The van der Waals surface area contributed by atoms with Crippen molar-refractivity contribution in [3.63, 3.8) is 0 Å². The van der Waals surface area contributed by atoms with Crippen molar-refractivity contribution in [1.82, 2.24) is 5.32 Å². The molecular weight excluding hydrogens is 134 g/mol.